The molecule has 4 aliphatic carbocycles. The molecule has 4 fully saturated rings. The molecule has 0 aromatic carbocycles. The van der Waals surface area contributed by atoms with E-state index in [1.165, 1.54) is 57.8 Å². The number of fused-ring (bicyclic) bond motifs is 5. The third-order valence-electron chi connectivity index (χ3n) is 8.43. The summed E-state index contributed by atoms with van der Waals surface area (Å²) in [5.41, 5.74) is 0.691. The molecule has 1 nitrogen and oxygen atoms in total. The van der Waals surface area contributed by atoms with Gasteiger partial charge in [0, 0.05) is 17.6 Å². The second kappa shape index (κ2) is 5.53. The number of Topliss-reactive ketones (excluding diaryl/α,β-unsaturated/α-hetero) is 1. The van der Waals surface area contributed by atoms with Crippen LogP contribution in [0.3, 0.4) is 0 Å². The van der Waals surface area contributed by atoms with Gasteiger partial charge < -0.3 is 0 Å². The molecule has 0 saturated heterocycles. The van der Waals surface area contributed by atoms with Crippen molar-refractivity contribution < 1.29 is 4.79 Å². The average molecular weight is 321 g/mol. The van der Waals surface area contributed by atoms with E-state index < -0.39 is 0 Å². The van der Waals surface area contributed by atoms with Gasteiger partial charge in [0.25, 0.3) is 0 Å². The topological polar surface area (TPSA) is 17.1 Å². The first-order valence-corrected chi connectivity index (χ1v) is 11.0. The molecular weight excluding hydrogens is 288 g/mol. The predicted molar refractivity (Wildman–Crippen MR) is 94.1 cm³/mol. The van der Waals surface area contributed by atoms with Gasteiger partial charge in [0.1, 0.15) is 5.78 Å². The Balaban J connectivity index is 1.65. The van der Waals surface area contributed by atoms with E-state index in [9.17, 15) is 4.79 Å². The number of hydrogen-bond acceptors (Lipinski definition) is 2. The SMILES string of the molecule is CSC[C@]12CC[C@H]3[C@@H](CC[C@H]4CCCC[C@@]43C)[C@@H]1CCC2=O. The lowest BCUT2D eigenvalue weighted by Gasteiger charge is -2.60. The number of carbonyl (C=O) groups is 1. The maximum absolute atomic E-state index is 12.7. The normalized spacial score (nSPS) is 51.1. The fourth-order valence-electron chi connectivity index (χ4n) is 7.40. The van der Waals surface area contributed by atoms with Crippen LogP contribution in [-0.2, 0) is 4.79 Å². The highest BCUT2D eigenvalue weighted by Crippen LogP contribution is 2.65. The Morgan fingerprint density at radius 1 is 1.05 bits per heavy atom. The Kier molecular flexibility index (Phi) is 3.91. The van der Waals surface area contributed by atoms with E-state index in [-0.39, 0.29) is 5.41 Å². The number of ketones is 1. The molecular formula is C20H32OS. The molecule has 124 valence electrons. The maximum Gasteiger partial charge on any atom is 0.140 e. The molecule has 0 heterocycles. The molecule has 0 bridgehead atoms. The summed E-state index contributed by atoms with van der Waals surface area (Å²) in [5.74, 6) is 5.24. The van der Waals surface area contributed by atoms with Crippen molar-refractivity contribution in [3.05, 3.63) is 0 Å². The van der Waals surface area contributed by atoms with Crippen LogP contribution < -0.4 is 0 Å². The molecule has 22 heavy (non-hydrogen) atoms. The Morgan fingerprint density at radius 3 is 2.73 bits per heavy atom. The zero-order valence-corrected chi connectivity index (χ0v) is 15.2. The minimum Gasteiger partial charge on any atom is -0.299 e. The van der Waals surface area contributed by atoms with Crippen molar-refractivity contribution in [1.82, 2.24) is 0 Å². The first-order chi connectivity index (χ1) is 10.6. The molecule has 0 N–H and O–H groups in total. The smallest absolute Gasteiger partial charge is 0.140 e. The van der Waals surface area contributed by atoms with Gasteiger partial charge in [-0.05, 0) is 80.3 Å². The lowest BCUT2D eigenvalue weighted by Crippen LogP contribution is -2.54. The van der Waals surface area contributed by atoms with E-state index in [0.717, 1.165) is 35.8 Å². The molecule has 0 aromatic rings. The number of rotatable bonds is 2. The van der Waals surface area contributed by atoms with E-state index in [4.69, 9.17) is 0 Å². The van der Waals surface area contributed by atoms with E-state index in [1.807, 2.05) is 11.8 Å². The summed E-state index contributed by atoms with van der Waals surface area (Å²) in [6.45, 7) is 2.63. The van der Waals surface area contributed by atoms with Gasteiger partial charge in [-0.2, -0.15) is 11.8 Å². The molecule has 6 atom stereocenters. The van der Waals surface area contributed by atoms with E-state index in [1.54, 1.807) is 0 Å². The monoisotopic (exact) mass is 320 g/mol. The summed E-state index contributed by atoms with van der Waals surface area (Å²) in [6, 6.07) is 0. The third kappa shape index (κ3) is 2.01. The van der Waals surface area contributed by atoms with Crippen LogP contribution in [0.1, 0.15) is 71.1 Å². The molecule has 0 unspecified atom stereocenters. The van der Waals surface area contributed by atoms with Gasteiger partial charge in [-0.1, -0.05) is 19.8 Å². The van der Waals surface area contributed by atoms with E-state index in [2.05, 4.69) is 13.2 Å². The predicted octanol–water partition coefficient (Wildman–Crippen LogP) is 5.33. The molecule has 0 spiro atoms. The Morgan fingerprint density at radius 2 is 1.91 bits per heavy atom. The van der Waals surface area contributed by atoms with Gasteiger partial charge in [-0.15, -0.1) is 0 Å². The molecule has 0 aliphatic heterocycles. The fourth-order valence-corrected chi connectivity index (χ4v) is 8.43. The molecule has 0 aromatic heterocycles. The van der Waals surface area contributed by atoms with E-state index >= 15 is 0 Å². The van der Waals surface area contributed by atoms with Crippen LogP contribution in [0, 0.1) is 34.5 Å². The second-order valence-electron chi connectivity index (χ2n) is 8.99. The first-order valence-electron chi connectivity index (χ1n) is 9.64. The highest BCUT2D eigenvalue weighted by Gasteiger charge is 2.61. The van der Waals surface area contributed by atoms with Gasteiger partial charge in [0.2, 0.25) is 0 Å². The molecule has 4 rings (SSSR count). The quantitative estimate of drug-likeness (QED) is 0.684. The lowest BCUT2D eigenvalue weighted by atomic mass is 9.45. The summed E-state index contributed by atoms with van der Waals surface area (Å²) in [7, 11) is 0. The molecule has 4 aliphatic rings. The largest absolute Gasteiger partial charge is 0.299 e. The van der Waals surface area contributed by atoms with Crippen molar-refractivity contribution in [2.24, 2.45) is 34.5 Å². The highest BCUT2D eigenvalue weighted by molar-refractivity contribution is 7.98. The summed E-state index contributed by atoms with van der Waals surface area (Å²) in [5, 5.41) is 0. The molecule has 2 heteroatoms. The van der Waals surface area contributed by atoms with Gasteiger partial charge in [0.15, 0.2) is 0 Å². The summed E-state index contributed by atoms with van der Waals surface area (Å²) in [4.78, 5) is 12.7. The van der Waals surface area contributed by atoms with Crippen molar-refractivity contribution in [3.63, 3.8) is 0 Å². The number of hydrogen-bond donors (Lipinski definition) is 0. The van der Waals surface area contributed by atoms with Gasteiger partial charge in [-0.25, -0.2) is 0 Å². The van der Waals surface area contributed by atoms with Crippen LogP contribution >= 0.6 is 11.8 Å². The van der Waals surface area contributed by atoms with Crippen LogP contribution in [0.15, 0.2) is 0 Å². The number of carbonyl (C=O) groups excluding carboxylic acids is 1. The van der Waals surface area contributed by atoms with Crippen LogP contribution in [-0.4, -0.2) is 17.8 Å². The fraction of sp³-hybridized carbons (Fsp3) is 0.950. The van der Waals surface area contributed by atoms with Gasteiger partial charge in [0.05, 0.1) is 0 Å². The van der Waals surface area contributed by atoms with Crippen LogP contribution in [0.25, 0.3) is 0 Å². The van der Waals surface area contributed by atoms with Gasteiger partial charge >= 0.3 is 0 Å². The highest BCUT2D eigenvalue weighted by atomic mass is 32.2. The second-order valence-corrected chi connectivity index (χ2v) is 9.86. The summed E-state index contributed by atoms with van der Waals surface area (Å²) >= 11 is 1.92. The molecule has 0 radical (unpaired) electrons. The minimum atomic E-state index is 0.0818. The average Bonchev–Trinajstić information content (AvgIpc) is 2.84. The van der Waals surface area contributed by atoms with Crippen LogP contribution in [0.2, 0.25) is 0 Å². The number of thioether (sulfide) groups is 1. The zero-order valence-electron chi connectivity index (χ0n) is 14.4. The lowest BCUT2D eigenvalue weighted by molar-refractivity contribution is -0.137. The first kappa shape index (κ1) is 15.5. The van der Waals surface area contributed by atoms with Crippen molar-refractivity contribution in [2.45, 2.75) is 71.1 Å². The van der Waals surface area contributed by atoms with Crippen LogP contribution in [0.5, 0.6) is 0 Å². The van der Waals surface area contributed by atoms with E-state index in [0.29, 0.717) is 11.2 Å². The molecule has 4 saturated carbocycles. The van der Waals surface area contributed by atoms with Crippen molar-refractivity contribution in [1.29, 1.82) is 0 Å². The van der Waals surface area contributed by atoms with Gasteiger partial charge in [-0.3, -0.25) is 4.79 Å². The van der Waals surface area contributed by atoms with Crippen molar-refractivity contribution in [2.75, 3.05) is 12.0 Å². The third-order valence-corrected chi connectivity index (χ3v) is 9.23. The van der Waals surface area contributed by atoms with Crippen molar-refractivity contribution >= 4 is 17.5 Å². The maximum atomic E-state index is 12.7. The standard InChI is InChI=1S/C20H32OS/c1-19-11-4-3-5-14(19)6-7-15-16(19)10-12-20(13-22-2)17(15)8-9-18(20)21/h14-17H,3-13H2,1-2H3/t14-,15-,16+,17+,19+,20-/m1/s1. The Bertz CT molecular complexity index is 461. The Labute approximate surface area is 140 Å². The van der Waals surface area contributed by atoms with Crippen molar-refractivity contribution in [3.8, 4) is 0 Å². The summed E-state index contributed by atoms with van der Waals surface area (Å²) < 4.78 is 0. The molecule has 0 amide bonds. The zero-order chi connectivity index (χ0) is 15.4. The summed E-state index contributed by atoms with van der Waals surface area (Å²) in [6.07, 6.45) is 15.6. The minimum absolute atomic E-state index is 0.0818. The Hall–Kier alpha value is 0.0200. The van der Waals surface area contributed by atoms with Crippen LogP contribution in [0.4, 0.5) is 0 Å².